The summed E-state index contributed by atoms with van der Waals surface area (Å²) in [5.74, 6) is 0.917. The first-order chi connectivity index (χ1) is 10.0. The number of halogens is 1. The number of hydrogen-bond donors (Lipinski definition) is 0. The Morgan fingerprint density at radius 3 is 2.71 bits per heavy atom. The third-order valence-corrected chi connectivity index (χ3v) is 4.80. The summed E-state index contributed by atoms with van der Waals surface area (Å²) in [5.41, 5.74) is 3.07. The maximum Gasteiger partial charge on any atom is 0.159 e. The predicted molar refractivity (Wildman–Crippen MR) is 88.3 cm³/mol. The minimum atomic E-state index is -0.122. The number of fused-ring (bicyclic) bond motifs is 1. The molecule has 0 saturated heterocycles. The summed E-state index contributed by atoms with van der Waals surface area (Å²) in [4.78, 5) is 7.39. The van der Waals surface area contributed by atoms with Crippen LogP contribution < -0.4 is 0 Å². The van der Waals surface area contributed by atoms with E-state index in [-0.39, 0.29) is 5.38 Å². The van der Waals surface area contributed by atoms with Gasteiger partial charge in [-0.1, -0.05) is 6.92 Å². The summed E-state index contributed by atoms with van der Waals surface area (Å²) in [6.45, 7) is 7.00. The van der Waals surface area contributed by atoms with Crippen molar-refractivity contribution in [3.05, 3.63) is 33.4 Å². The summed E-state index contributed by atoms with van der Waals surface area (Å²) in [7, 11) is 1.97. The zero-order valence-electron chi connectivity index (χ0n) is 12.7. The molecule has 6 heteroatoms. The summed E-state index contributed by atoms with van der Waals surface area (Å²) < 4.78 is 4.12. The van der Waals surface area contributed by atoms with E-state index >= 15 is 0 Å². The Morgan fingerprint density at radius 2 is 2.14 bits per heavy atom. The summed E-state index contributed by atoms with van der Waals surface area (Å²) in [5, 5.41) is 4.45. The smallest absolute Gasteiger partial charge is 0.159 e. The molecule has 0 saturated carbocycles. The van der Waals surface area contributed by atoms with Crippen LogP contribution in [-0.2, 0) is 20.0 Å². The Bertz CT molecular complexity index is 781. The van der Waals surface area contributed by atoms with Crippen molar-refractivity contribution in [1.29, 1.82) is 0 Å². The van der Waals surface area contributed by atoms with Gasteiger partial charge >= 0.3 is 0 Å². The average molecular weight is 323 g/mol. The van der Waals surface area contributed by atoms with E-state index in [9.17, 15) is 0 Å². The zero-order valence-corrected chi connectivity index (χ0v) is 14.3. The van der Waals surface area contributed by atoms with E-state index in [1.807, 2.05) is 30.0 Å². The van der Waals surface area contributed by atoms with Gasteiger partial charge in [-0.05, 0) is 32.4 Å². The van der Waals surface area contributed by atoms with E-state index in [1.165, 1.54) is 9.75 Å². The van der Waals surface area contributed by atoms with Gasteiger partial charge in [0.05, 0.1) is 17.6 Å². The van der Waals surface area contributed by atoms with Gasteiger partial charge in [0.25, 0.3) is 0 Å². The maximum absolute atomic E-state index is 6.35. The van der Waals surface area contributed by atoms with Crippen LogP contribution in [0.25, 0.3) is 11.2 Å². The van der Waals surface area contributed by atoms with Gasteiger partial charge in [0.15, 0.2) is 5.65 Å². The molecule has 0 fully saturated rings. The summed E-state index contributed by atoms with van der Waals surface area (Å²) in [6, 6.07) is 4.32. The molecule has 0 aliphatic carbocycles. The second-order valence-electron chi connectivity index (χ2n) is 5.28. The largest absolute Gasteiger partial charge is 0.306 e. The molecule has 0 aliphatic rings. The monoisotopic (exact) mass is 322 g/mol. The molecule has 112 valence electrons. The number of alkyl halides is 1. The highest BCUT2D eigenvalue weighted by Crippen LogP contribution is 2.28. The van der Waals surface area contributed by atoms with Gasteiger partial charge in [-0.3, -0.25) is 4.68 Å². The van der Waals surface area contributed by atoms with Gasteiger partial charge in [-0.25, -0.2) is 4.98 Å². The zero-order chi connectivity index (χ0) is 15.1. The highest BCUT2D eigenvalue weighted by atomic mass is 35.5. The van der Waals surface area contributed by atoms with Crippen molar-refractivity contribution >= 4 is 34.1 Å². The second kappa shape index (κ2) is 5.46. The third-order valence-electron chi connectivity index (χ3n) is 3.62. The normalized spacial score (nSPS) is 13.2. The lowest BCUT2D eigenvalue weighted by Crippen LogP contribution is -2.08. The molecular weight excluding hydrogens is 304 g/mol. The average Bonchev–Trinajstić information content (AvgIpc) is 3.07. The van der Waals surface area contributed by atoms with Crippen LogP contribution in [0.15, 0.2) is 12.1 Å². The van der Waals surface area contributed by atoms with Gasteiger partial charge in [-0.2, -0.15) is 5.10 Å². The Kier molecular flexibility index (Phi) is 3.80. The number of aryl methyl sites for hydroxylation is 3. The van der Waals surface area contributed by atoms with Gasteiger partial charge in [-0.15, -0.1) is 22.9 Å². The number of aromatic nitrogens is 4. The molecule has 3 aromatic rings. The molecule has 0 N–H and O–H groups in total. The number of imidazole rings is 1. The van der Waals surface area contributed by atoms with Crippen LogP contribution in [0.5, 0.6) is 0 Å². The maximum atomic E-state index is 6.35. The molecule has 3 aromatic heterocycles. The lowest BCUT2D eigenvalue weighted by atomic mass is 10.3. The van der Waals surface area contributed by atoms with Crippen LogP contribution in [-0.4, -0.2) is 19.3 Å². The van der Waals surface area contributed by atoms with Gasteiger partial charge in [0.1, 0.15) is 11.3 Å². The summed E-state index contributed by atoms with van der Waals surface area (Å²) in [6.07, 6.45) is 0.878. The van der Waals surface area contributed by atoms with Crippen molar-refractivity contribution in [2.75, 3.05) is 0 Å². The second-order valence-corrected chi connectivity index (χ2v) is 7.31. The Labute approximate surface area is 133 Å². The Balaban J connectivity index is 2.18. The van der Waals surface area contributed by atoms with E-state index in [0.717, 1.165) is 35.6 Å². The molecule has 0 amide bonds. The quantitative estimate of drug-likeness (QED) is 0.679. The SMILES string of the molecule is CCc1nn(C)c2c1nc(C(C)Cl)n2Cc1ccc(C)s1. The van der Waals surface area contributed by atoms with Crippen molar-refractivity contribution in [2.24, 2.45) is 7.05 Å². The van der Waals surface area contributed by atoms with E-state index in [1.54, 1.807) is 0 Å². The van der Waals surface area contributed by atoms with Crippen molar-refractivity contribution in [3.63, 3.8) is 0 Å². The fourth-order valence-electron chi connectivity index (χ4n) is 2.68. The molecule has 3 rings (SSSR count). The van der Waals surface area contributed by atoms with Crippen LogP contribution in [0.1, 0.15) is 40.5 Å². The molecule has 3 heterocycles. The van der Waals surface area contributed by atoms with Crippen molar-refractivity contribution in [1.82, 2.24) is 19.3 Å². The number of nitrogens with zero attached hydrogens (tertiary/aromatic N) is 4. The lowest BCUT2D eigenvalue weighted by molar-refractivity contribution is 0.687. The molecule has 0 aliphatic heterocycles. The number of hydrogen-bond acceptors (Lipinski definition) is 3. The van der Waals surface area contributed by atoms with Crippen molar-refractivity contribution < 1.29 is 0 Å². The Hall–Kier alpha value is -1.33. The fraction of sp³-hybridized carbons (Fsp3) is 0.467. The van der Waals surface area contributed by atoms with Gasteiger partial charge in [0.2, 0.25) is 0 Å². The molecule has 4 nitrogen and oxygen atoms in total. The molecule has 21 heavy (non-hydrogen) atoms. The molecule has 0 radical (unpaired) electrons. The molecule has 1 unspecified atom stereocenters. The number of thiophene rings is 1. The molecule has 1 atom stereocenters. The molecule has 0 spiro atoms. The van der Waals surface area contributed by atoms with Gasteiger partial charge in [0, 0.05) is 16.8 Å². The number of rotatable bonds is 4. The van der Waals surface area contributed by atoms with Crippen LogP contribution in [0.4, 0.5) is 0 Å². The van der Waals surface area contributed by atoms with Crippen molar-refractivity contribution in [2.45, 2.75) is 39.1 Å². The summed E-state index contributed by atoms with van der Waals surface area (Å²) >= 11 is 8.16. The first-order valence-electron chi connectivity index (χ1n) is 7.12. The fourth-order valence-corrected chi connectivity index (χ4v) is 3.73. The van der Waals surface area contributed by atoms with E-state index in [0.29, 0.717) is 0 Å². The highest BCUT2D eigenvalue weighted by Gasteiger charge is 2.21. The van der Waals surface area contributed by atoms with Crippen LogP contribution in [0, 0.1) is 6.92 Å². The topological polar surface area (TPSA) is 35.6 Å². The molecule has 0 aromatic carbocycles. The first-order valence-corrected chi connectivity index (χ1v) is 8.38. The molecular formula is C15H19ClN4S. The van der Waals surface area contributed by atoms with E-state index in [4.69, 9.17) is 16.6 Å². The van der Waals surface area contributed by atoms with Crippen LogP contribution in [0.3, 0.4) is 0 Å². The Morgan fingerprint density at radius 1 is 1.38 bits per heavy atom. The van der Waals surface area contributed by atoms with Gasteiger partial charge < -0.3 is 4.57 Å². The highest BCUT2D eigenvalue weighted by molar-refractivity contribution is 7.11. The minimum Gasteiger partial charge on any atom is -0.306 e. The molecule has 0 bridgehead atoms. The lowest BCUT2D eigenvalue weighted by Gasteiger charge is -2.09. The predicted octanol–water partition coefficient (Wildman–Crippen LogP) is 4.05. The van der Waals surface area contributed by atoms with Crippen LogP contribution in [0.2, 0.25) is 0 Å². The first kappa shape index (κ1) is 14.6. The standard InChI is InChI=1S/C15H19ClN4S/c1-5-12-13-15(19(4)18-12)20(14(17-13)10(3)16)8-11-7-6-9(2)21-11/h6-7,10H,5,8H2,1-4H3. The minimum absolute atomic E-state index is 0.122. The van der Waals surface area contributed by atoms with E-state index in [2.05, 4.69) is 35.6 Å². The third kappa shape index (κ3) is 2.49. The van der Waals surface area contributed by atoms with E-state index < -0.39 is 0 Å². The van der Waals surface area contributed by atoms with Crippen molar-refractivity contribution in [3.8, 4) is 0 Å². The van der Waals surface area contributed by atoms with Crippen LogP contribution >= 0.6 is 22.9 Å².